The first kappa shape index (κ1) is 30.0. The second-order valence-electron chi connectivity index (χ2n) is 13.1. The van der Waals surface area contributed by atoms with Gasteiger partial charge in [-0.2, -0.15) is 0 Å². The summed E-state index contributed by atoms with van der Waals surface area (Å²) in [7, 11) is 0. The summed E-state index contributed by atoms with van der Waals surface area (Å²) in [5, 5.41) is 58.6. The van der Waals surface area contributed by atoms with Gasteiger partial charge in [0.2, 0.25) is 5.78 Å². The number of phenolic OH excluding ortho intramolecular Hbond substituents is 1. The fourth-order valence-corrected chi connectivity index (χ4v) is 8.10. The van der Waals surface area contributed by atoms with E-state index in [1.165, 1.54) is 13.0 Å². The molecule has 0 bridgehead atoms. The average molecular weight is 555 g/mol. The molecule has 1 unspecified atom stereocenters. The van der Waals surface area contributed by atoms with E-state index in [9.17, 15) is 39.9 Å². The topological polar surface area (TPSA) is 152 Å². The van der Waals surface area contributed by atoms with Gasteiger partial charge in [0.05, 0.1) is 17.2 Å². The SMILES string of the molecule is CC(=O)C1=C(O)C(C(C)C)[C@@]2(C)[C@H](O)[C@]3(C)C(=C(O)[C@@]2(O)C1=O)C(=O)c1c(O)cccc1[C@H]3CCCCC(C)C. The van der Waals surface area contributed by atoms with Crippen LogP contribution >= 0.6 is 0 Å². The number of aromatic hydroxyl groups is 1. The molecule has 0 radical (unpaired) electrons. The largest absolute Gasteiger partial charge is 0.511 e. The zero-order valence-corrected chi connectivity index (χ0v) is 24.4. The van der Waals surface area contributed by atoms with Gasteiger partial charge in [0.1, 0.15) is 22.8 Å². The Labute approximate surface area is 235 Å². The molecule has 0 fully saturated rings. The number of benzene rings is 1. The third-order valence-electron chi connectivity index (χ3n) is 9.96. The first-order valence-corrected chi connectivity index (χ1v) is 14.2. The molecule has 1 aromatic rings. The first-order valence-electron chi connectivity index (χ1n) is 14.2. The van der Waals surface area contributed by atoms with Crippen LogP contribution < -0.4 is 0 Å². The van der Waals surface area contributed by atoms with Crippen molar-refractivity contribution < 1.29 is 39.9 Å². The zero-order chi connectivity index (χ0) is 30.1. The maximum Gasteiger partial charge on any atom is 0.209 e. The molecule has 40 heavy (non-hydrogen) atoms. The predicted octanol–water partition coefficient (Wildman–Crippen LogP) is 5.07. The lowest BCUT2D eigenvalue weighted by atomic mass is 9.41. The number of hydrogen-bond acceptors (Lipinski definition) is 8. The standard InChI is InChI=1S/C32H42O8/c1-15(2)11-8-9-13-19-18-12-10-14-20(34)22(18)26(36)24-28(38)32(40)27(37)21(17(5)33)25(35)23(16(3)4)31(32,7)29(39)30(19,24)6/h10,12,14-16,19,23,29,34-35,38-40H,8-9,11,13H2,1-7H3/t19-,23?,29-,30+,31+,32+/m1/s1. The van der Waals surface area contributed by atoms with Crippen LogP contribution in [0.2, 0.25) is 0 Å². The van der Waals surface area contributed by atoms with Crippen molar-refractivity contribution >= 4 is 17.3 Å². The van der Waals surface area contributed by atoms with E-state index in [-0.39, 0.29) is 16.9 Å². The molecule has 0 spiro atoms. The number of unbranched alkanes of at least 4 members (excludes halogenated alkanes) is 1. The number of Topliss-reactive ketones (excluding diaryl/α,β-unsaturated/α-hetero) is 3. The van der Waals surface area contributed by atoms with Crippen LogP contribution in [0, 0.1) is 28.6 Å². The Kier molecular flexibility index (Phi) is 7.38. The summed E-state index contributed by atoms with van der Waals surface area (Å²) in [6.07, 6.45) is 1.47. The second-order valence-corrected chi connectivity index (χ2v) is 13.1. The van der Waals surface area contributed by atoms with Gasteiger partial charge in [-0.3, -0.25) is 14.4 Å². The summed E-state index contributed by atoms with van der Waals surface area (Å²) in [6.45, 7) is 11.9. The van der Waals surface area contributed by atoms with E-state index in [1.54, 1.807) is 32.9 Å². The molecule has 3 aliphatic rings. The van der Waals surface area contributed by atoms with Gasteiger partial charge in [-0.05, 0) is 42.7 Å². The Morgan fingerprint density at radius 2 is 1.65 bits per heavy atom. The molecule has 0 aromatic heterocycles. The smallest absolute Gasteiger partial charge is 0.209 e. The van der Waals surface area contributed by atoms with Gasteiger partial charge in [-0.25, -0.2) is 0 Å². The van der Waals surface area contributed by atoms with E-state index in [0.29, 0.717) is 17.9 Å². The lowest BCUT2D eigenvalue weighted by molar-refractivity contribution is -0.212. The van der Waals surface area contributed by atoms with Crippen LogP contribution in [0.15, 0.2) is 40.9 Å². The van der Waals surface area contributed by atoms with Crippen molar-refractivity contribution in [1.82, 2.24) is 0 Å². The van der Waals surface area contributed by atoms with Gasteiger partial charge in [0, 0.05) is 16.7 Å². The van der Waals surface area contributed by atoms with E-state index in [1.807, 2.05) is 0 Å². The number of carbonyl (C=O) groups excluding carboxylic acids is 3. The number of rotatable bonds is 7. The number of fused-ring (bicyclic) bond motifs is 3. The highest BCUT2D eigenvalue weighted by Gasteiger charge is 2.76. The lowest BCUT2D eigenvalue weighted by Crippen LogP contribution is -2.73. The third-order valence-corrected chi connectivity index (χ3v) is 9.96. The van der Waals surface area contributed by atoms with Crippen LogP contribution in [-0.4, -0.2) is 54.6 Å². The number of aliphatic hydroxyl groups is 4. The second kappa shape index (κ2) is 9.84. The molecule has 8 heteroatoms. The Morgan fingerprint density at radius 1 is 1.02 bits per heavy atom. The molecule has 0 aliphatic heterocycles. The summed E-state index contributed by atoms with van der Waals surface area (Å²) >= 11 is 0. The van der Waals surface area contributed by atoms with Gasteiger partial charge < -0.3 is 25.5 Å². The summed E-state index contributed by atoms with van der Waals surface area (Å²) in [6, 6.07) is 4.72. The highest BCUT2D eigenvalue weighted by Crippen LogP contribution is 2.68. The van der Waals surface area contributed by atoms with Crippen LogP contribution in [0.3, 0.4) is 0 Å². The summed E-state index contributed by atoms with van der Waals surface area (Å²) in [4.78, 5) is 40.5. The Balaban J connectivity index is 2.07. The molecule has 6 atom stereocenters. The molecule has 0 heterocycles. The van der Waals surface area contributed by atoms with E-state index in [0.717, 1.165) is 26.2 Å². The normalized spacial score (nSPS) is 33.8. The van der Waals surface area contributed by atoms with E-state index in [2.05, 4.69) is 13.8 Å². The molecule has 3 aliphatic carbocycles. The Hall–Kier alpha value is -2.97. The van der Waals surface area contributed by atoms with Crippen molar-refractivity contribution in [2.24, 2.45) is 28.6 Å². The fourth-order valence-electron chi connectivity index (χ4n) is 8.10. The zero-order valence-electron chi connectivity index (χ0n) is 24.4. The molecular formula is C32H42O8. The number of ketones is 3. The molecule has 0 amide bonds. The van der Waals surface area contributed by atoms with Gasteiger partial charge in [0.15, 0.2) is 17.2 Å². The van der Waals surface area contributed by atoms with Crippen LogP contribution in [0.5, 0.6) is 5.75 Å². The first-order chi connectivity index (χ1) is 18.5. The van der Waals surface area contributed by atoms with Crippen LogP contribution in [0.4, 0.5) is 0 Å². The van der Waals surface area contributed by atoms with Crippen LogP contribution in [0.25, 0.3) is 0 Å². The number of aliphatic hydroxyl groups excluding tert-OH is 3. The minimum Gasteiger partial charge on any atom is -0.511 e. The number of carbonyl (C=O) groups is 3. The average Bonchev–Trinajstić information content (AvgIpc) is 2.84. The highest BCUT2D eigenvalue weighted by molar-refractivity contribution is 6.25. The fraction of sp³-hybridized carbons (Fsp3) is 0.594. The van der Waals surface area contributed by atoms with Crippen molar-refractivity contribution in [3.63, 3.8) is 0 Å². The van der Waals surface area contributed by atoms with Gasteiger partial charge in [-0.15, -0.1) is 0 Å². The molecule has 0 saturated heterocycles. The maximum absolute atomic E-state index is 14.1. The molecule has 1 aromatic carbocycles. The number of hydrogen-bond donors (Lipinski definition) is 5. The molecule has 4 rings (SSSR count). The summed E-state index contributed by atoms with van der Waals surface area (Å²) < 4.78 is 0. The predicted molar refractivity (Wildman–Crippen MR) is 149 cm³/mol. The number of phenols is 1. The highest BCUT2D eigenvalue weighted by atomic mass is 16.4. The minimum absolute atomic E-state index is 0.0383. The molecule has 8 nitrogen and oxygen atoms in total. The molecule has 218 valence electrons. The Morgan fingerprint density at radius 3 is 2.20 bits per heavy atom. The minimum atomic E-state index is -2.87. The van der Waals surface area contributed by atoms with Crippen molar-refractivity contribution in [2.45, 2.75) is 91.8 Å². The van der Waals surface area contributed by atoms with Gasteiger partial charge >= 0.3 is 0 Å². The van der Waals surface area contributed by atoms with Crippen LogP contribution in [-0.2, 0) is 9.59 Å². The van der Waals surface area contributed by atoms with Gasteiger partial charge in [0.25, 0.3) is 0 Å². The number of allylic oxidation sites excluding steroid dienone is 1. The van der Waals surface area contributed by atoms with Crippen LogP contribution in [0.1, 0.15) is 96.0 Å². The van der Waals surface area contributed by atoms with E-state index in [4.69, 9.17) is 0 Å². The van der Waals surface area contributed by atoms with Crippen molar-refractivity contribution in [3.05, 3.63) is 52.0 Å². The monoisotopic (exact) mass is 554 g/mol. The van der Waals surface area contributed by atoms with Crippen molar-refractivity contribution in [2.75, 3.05) is 0 Å². The van der Waals surface area contributed by atoms with E-state index >= 15 is 0 Å². The molecule has 5 N–H and O–H groups in total. The van der Waals surface area contributed by atoms with Crippen molar-refractivity contribution in [3.8, 4) is 5.75 Å². The Bertz CT molecular complexity index is 1340. The molecule has 0 saturated carbocycles. The third kappa shape index (κ3) is 3.68. The summed E-state index contributed by atoms with van der Waals surface area (Å²) in [5.74, 6) is -6.30. The van der Waals surface area contributed by atoms with Gasteiger partial charge in [-0.1, -0.05) is 72.9 Å². The van der Waals surface area contributed by atoms with E-state index < -0.39 is 74.7 Å². The maximum atomic E-state index is 14.1. The summed E-state index contributed by atoms with van der Waals surface area (Å²) in [5.41, 5.74) is -6.79. The molecular weight excluding hydrogens is 512 g/mol. The quantitative estimate of drug-likeness (QED) is 0.231. The lowest BCUT2D eigenvalue weighted by Gasteiger charge is -2.63. The van der Waals surface area contributed by atoms with Crippen molar-refractivity contribution in [1.29, 1.82) is 0 Å².